The van der Waals surface area contributed by atoms with Crippen LogP contribution < -0.4 is 11.1 Å². The number of nitrogens with one attached hydrogen (secondary N) is 1. The van der Waals surface area contributed by atoms with Gasteiger partial charge in [0.1, 0.15) is 10.7 Å². The summed E-state index contributed by atoms with van der Waals surface area (Å²) in [6, 6.07) is 0. The first-order chi connectivity index (χ1) is 7.92. The van der Waals surface area contributed by atoms with Crippen LogP contribution in [0.25, 0.3) is 0 Å². The molecule has 9 heteroatoms. The van der Waals surface area contributed by atoms with Gasteiger partial charge in [-0.15, -0.1) is 23.7 Å². The Morgan fingerprint density at radius 3 is 2.67 bits per heavy atom. The van der Waals surface area contributed by atoms with Crippen molar-refractivity contribution in [3.05, 3.63) is 16.1 Å². The number of halogens is 4. The van der Waals surface area contributed by atoms with Crippen LogP contribution in [0, 0.1) is 0 Å². The highest BCUT2D eigenvalue weighted by atomic mass is 35.5. The van der Waals surface area contributed by atoms with Gasteiger partial charge in [-0.1, -0.05) is 0 Å². The van der Waals surface area contributed by atoms with Gasteiger partial charge in [0.2, 0.25) is 0 Å². The quantitative estimate of drug-likeness (QED) is 0.819. The smallest absolute Gasteiger partial charge is 0.351 e. The Labute approximate surface area is 112 Å². The molecule has 0 radical (unpaired) electrons. The topological polar surface area (TPSA) is 68.0 Å². The van der Waals surface area contributed by atoms with Crippen LogP contribution >= 0.6 is 23.7 Å². The zero-order valence-corrected chi connectivity index (χ0v) is 10.9. The SMILES string of the molecule is Cl.NCc1nc(C(=O)NCCCC(F)(F)F)cs1. The molecular formula is C9H13ClF3N3OS. The Morgan fingerprint density at radius 2 is 2.17 bits per heavy atom. The van der Waals surface area contributed by atoms with Gasteiger partial charge in [-0.2, -0.15) is 13.2 Å². The molecule has 4 nitrogen and oxygen atoms in total. The number of alkyl halides is 3. The third-order valence-corrected chi connectivity index (χ3v) is 2.75. The van der Waals surface area contributed by atoms with Crippen molar-refractivity contribution in [1.82, 2.24) is 10.3 Å². The maximum atomic E-state index is 11.8. The summed E-state index contributed by atoms with van der Waals surface area (Å²) in [6.45, 7) is 0.222. The molecule has 0 spiro atoms. The maximum Gasteiger partial charge on any atom is 0.389 e. The fourth-order valence-corrected chi connectivity index (χ4v) is 1.74. The van der Waals surface area contributed by atoms with Crippen molar-refractivity contribution in [2.75, 3.05) is 6.54 Å². The second-order valence-electron chi connectivity index (χ2n) is 3.31. The summed E-state index contributed by atoms with van der Waals surface area (Å²) in [6.07, 6.45) is -5.22. The number of nitrogens with two attached hydrogens (primary N) is 1. The largest absolute Gasteiger partial charge is 0.389 e. The molecule has 0 aliphatic heterocycles. The van der Waals surface area contributed by atoms with Crippen LogP contribution in [0.1, 0.15) is 28.3 Å². The molecule has 0 atom stereocenters. The van der Waals surface area contributed by atoms with Gasteiger partial charge in [-0.3, -0.25) is 4.79 Å². The number of rotatable bonds is 5. The number of hydrogen-bond donors (Lipinski definition) is 2. The van der Waals surface area contributed by atoms with Crippen molar-refractivity contribution in [2.45, 2.75) is 25.6 Å². The standard InChI is InChI=1S/C9H12F3N3OS.ClH/c10-9(11,12)2-1-3-14-8(16)6-5-17-7(4-13)15-6;/h5H,1-4,13H2,(H,14,16);1H. The van der Waals surface area contributed by atoms with Crippen LogP contribution in [0.4, 0.5) is 13.2 Å². The number of thiazole rings is 1. The molecule has 0 saturated carbocycles. The molecule has 1 heterocycles. The Kier molecular flexibility index (Phi) is 7.19. The van der Waals surface area contributed by atoms with Gasteiger partial charge in [-0.05, 0) is 6.42 Å². The van der Waals surface area contributed by atoms with Gasteiger partial charge in [0.25, 0.3) is 5.91 Å². The van der Waals surface area contributed by atoms with Crippen molar-refractivity contribution < 1.29 is 18.0 Å². The molecule has 0 aliphatic rings. The normalized spacial score (nSPS) is 10.9. The maximum absolute atomic E-state index is 11.8. The lowest BCUT2D eigenvalue weighted by Gasteiger charge is -2.06. The average molecular weight is 304 g/mol. The van der Waals surface area contributed by atoms with E-state index in [2.05, 4.69) is 10.3 Å². The first-order valence-corrected chi connectivity index (χ1v) is 5.80. The highest BCUT2D eigenvalue weighted by Crippen LogP contribution is 2.20. The molecule has 0 fully saturated rings. The van der Waals surface area contributed by atoms with Crippen molar-refractivity contribution in [2.24, 2.45) is 5.73 Å². The molecule has 0 unspecified atom stereocenters. The molecule has 18 heavy (non-hydrogen) atoms. The monoisotopic (exact) mass is 303 g/mol. The number of nitrogens with zero attached hydrogens (tertiary/aromatic N) is 1. The molecule has 1 rings (SSSR count). The molecule has 0 saturated heterocycles. The summed E-state index contributed by atoms with van der Waals surface area (Å²) < 4.78 is 35.4. The molecule has 1 aromatic heterocycles. The fraction of sp³-hybridized carbons (Fsp3) is 0.556. The minimum Gasteiger partial charge on any atom is -0.351 e. The number of hydrogen-bond acceptors (Lipinski definition) is 4. The van der Waals surface area contributed by atoms with Crippen molar-refractivity contribution in [1.29, 1.82) is 0 Å². The second-order valence-corrected chi connectivity index (χ2v) is 4.25. The first-order valence-electron chi connectivity index (χ1n) is 4.92. The van der Waals surface area contributed by atoms with Crippen molar-refractivity contribution >= 4 is 29.7 Å². The molecule has 0 bridgehead atoms. The fourth-order valence-electron chi connectivity index (χ4n) is 1.09. The minimum absolute atomic E-state index is 0. The lowest BCUT2D eigenvalue weighted by molar-refractivity contribution is -0.135. The van der Waals surface area contributed by atoms with Crippen LogP contribution in [-0.4, -0.2) is 23.6 Å². The molecule has 0 aromatic carbocycles. The number of amides is 1. The summed E-state index contributed by atoms with van der Waals surface area (Å²) in [5, 5.41) is 4.52. The van der Waals surface area contributed by atoms with E-state index in [0.29, 0.717) is 5.01 Å². The van der Waals surface area contributed by atoms with Gasteiger partial charge in [0, 0.05) is 24.9 Å². The molecule has 1 aromatic rings. The summed E-state index contributed by atoms with van der Waals surface area (Å²) >= 11 is 1.24. The summed E-state index contributed by atoms with van der Waals surface area (Å²) in [5.74, 6) is -0.469. The first kappa shape index (κ1) is 17.1. The summed E-state index contributed by atoms with van der Waals surface area (Å²) in [7, 11) is 0. The van der Waals surface area contributed by atoms with Gasteiger partial charge >= 0.3 is 6.18 Å². The van der Waals surface area contributed by atoms with Gasteiger partial charge < -0.3 is 11.1 Å². The van der Waals surface area contributed by atoms with E-state index >= 15 is 0 Å². The molecule has 104 valence electrons. The Bertz CT molecular complexity index is 383. The van der Waals surface area contributed by atoms with Gasteiger partial charge in [0.05, 0.1) is 0 Å². The van der Waals surface area contributed by atoms with E-state index in [0.717, 1.165) is 0 Å². The summed E-state index contributed by atoms with van der Waals surface area (Å²) in [4.78, 5) is 15.3. The molecule has 3 N–H and O–H groups in total. The average Bonchev–Trinajstić information content (AvgIpc) is 2.71. The minimum atomic E-state index is -4.18. The van der Waals surface area contributed by atoms with Crippen LogP contribution in [0.15, 0.2) is 5.38 Å². The van der Waals surface area contributed by atoms with E-state index < -0.39 is 18.5 Å². The van der Waals surface area contributed by atoms with Crippen LogP contribution in [-0.2, 0) is 6.54 Å². The van der Waals surface area contributed by atoms with Crippen molar-refractivity contribution in [3.63, 3.8) is 0 Å². The Balaban J connectivity index is 0.00000289. The van der Waals surface area contributed by atoms with E-state index in [1.807, 2.05) is 0 Å². The molecule has 1 amide bonds. The third kappa shape index (κ3) is 6.18. The van der Waals surface area contributed by atoms with Gasteiger partial charge in [0.15, 0.2) is 0 Å². The lowest BCUT2D eigenvalue weighted by atomic mass is 10.3. The van der Waals surface area contributed by atoms with Crippen LogP contribution in [0.5, 0.6) is 0 Å². The Morgan fingerprint density at radius 1 is 1.50 bits per heavy atom. The predicted molar refractivity (Wildman–Crippen MR) is 64.9 cm³/mol. The van der Waals surface area contributed by atoms with E-state index in [1.54, 1.807) is 0 Å². The summed E-state index contributed by atoms with van der Waals surface area (Å²) in [5.41, 5.74) is 5.52. The molecule has 0 aliphatic carbocycles. The van der Waals surface area contributed by atoms with E-state index in [4.69, 9.17) is 5.73 Å². The highest BCUT2D eigenvalue weighted by Gasteiger charge is 2.26. The highest BCUT2D eigenvalue weighted by molar-refractivity contribution is 7.09. The second kappa shape index (κ2) is 7.55. The number of aromatic nitrogens is 1. The number of carbonyl (C=O) groups excluding carboxylic acids is 1. The van der Waals surface area contributed by atoms with Gasteiger partial charge in [-0.25, -0.2) is 4.98 Å². The zero-order chi connectivity index (χ0) is 12.9. The number of carbonyl (C=O) groups is 1. The van der Waals surface area contributed by atoms with Crippen LogP contribution in [0.2, 0.25) is 0 Å². The van der Waals surface area contributed by atoms with E-state index in [-0.39, 0.29) is 37.6 Å². The van der Waals surface area contributed by atoms with E-state index in [9.17, 15) is 18.0 Å². The van der Waals surface area contributed by atoms with Crippen LogP contribution in [0.3, 0.4) is 0 Å². The predicted octanol–water partition coefficient (Wildman–Crippen LogP) is 2.10. The lowest BCUT2D eigenvalue weighted by Crippen LogP contribution is -2.25. The Hall–Kier alpha value is -0.860. The third-order valence-electron chi connectivity index (χ3n) is 1.88. The van der Waals surface area contributed by atoms with Crippen molar-refractivity contribution in [3.8, 4) is 0 Å². The van der Waals surface area contributed by atoms with E-state index in [1.165, 1.54) is 16.7 Å². The molecular weight excluding hydrogens is 291 g/mol. The zero-order valence-electron chi connectivity index (χ0n) is 9.29.